The molecule has 220 valence electrons. The fourth-order valence-corrected chi connectivity index (χ4v) is 7.58. The molecule has 3 rings (SSSR count). The van der Waals surface area contributed by atoms with Crippen LogP contribution in [0.4, 0.5) is 0 Å². The second-order valence-corrected chi connectivity index (χ2v) is 13.4. The van der Waals surface area contributed by atoms with Gasteiger partial charge in [0.05, 0.1) is 17.9 Å². The van der Waals surface area contributed by atoms with Crippen LogP contribution >= 0.6 is 0 Å². The number of carbonyl (C=O) groups is 3. The van der Waals surface area contributed by atoms with Crippen LogP contribution in [-0.2, 0) is 19.1 Å². The third kappa shape index (κ3) is 5.97. The molecule has 2 unspecified atom stereocenters. The van der Waals surface area contributed by atoms with Gasteiger partial charge in [0, 0.05) is 38.3 Å². The molecule has 0 aromatic heterocycles. The summed E-state index contributed by atoms with van der Waals surface area (Å²) in [6, 6.07) is -0.810. The van der Waals surface area contributed by atoms with Crippen molar-refractivity contribution in [2.45, 2.75) is 103 Å². The fraction of sp³-hybridized carbons (Fsp3) is 0.774. The quantitative estimate of drug-likeness (QED) is 0.265. The number of rotatable bonds is 14. The van der Waals surface area contributed by atoms with E-state index in [2.05, 4.69) is 47.8 Å². The number of aliphatic hydroxyl groups is 1. The molecule has 2 bridgehead atoms. The Bertz CT molecular complexity index is 941. The summed E-state index contributed by atoms with van der Waals surface area (Å²) in [6.07, 6.45) is 6.96. The highest BCUT2D eigenvalue weighted by atomic mass is 16.5. The van der Waals surface area contributed by atoms with Gasteiger partial charge in [-0.05, 0) is 57.8 Å². The summed E-state index contributed by atoms with van der Waals surface area (Å²) in [5, 5.41) is 9.42. The molecule has 5 atom stereocenters. The smallest absolute Gasteiger partial charge is 0.249 e. The second-order valence-electron chi connectivity index (χ2n) is 13.4. The normalized spacial score (nSPS) is 28.0. The molecule has 1 N–H and O–H groups in total. The standard InChI is InChI=1S/C31H51N3O5/c1-9-16-32(17-10-2)26(36)23-22-14-15-31(39-22)24(23)27(37)33(19-12-13-20-35)25(31)28(38)34(18-11-3)30(7,8)21-29(4,5)6/h9,11,22-25,35H,1,3,10,12-21H2,2,4-8H3/t22-,23+,24-,25?,31?/m0/s1. The molecule has 0 aromatic carbocycles. The van der Waals surface area contributed by atoms with Crippen LogP contribution in [0.2, 0.25) is 0 Å². The molecule has 3 aliphatic heterocycles. The van der Waals surface area contributed by atoms with Gasteiger partial charge in [0.15, 0.2) is 0 Å². The monoisotopic (exact) mass is 545 g/mol. The van der Waals surface area contributed by atoms with E-state index < -0.39 is 29.0 Å². The van der Waals surface area contributed by atoms with E-state index in [-0.39, 0.29) is 35.8 Å². The Kier molecular flexibility index (Phi) is 9.75. The first kappa shape index (κ1) is 31.3. The lowest BCUT2D eigenvalue weighted by Crippen LogP contribution is -2.61. The van der Waals surface area contributed by atoms with Crippen molar-refractivity contribution in [1.29, 1.82) is 0 Å². The minimum absolute atomic E-state index is 0.0175. The van der Waals surface area contributed by atoms with E-state index in [0.29, 0.717) is 51.9 Å². The molecular formula is C31H51N3O5. The predicted octanol–water partition coefficient (Wildman–Crippen LogP) is 3.79. The largest absolute Gasteiger partial charge is 0.396 e. The molecule has 1 spiro atoms. The summed E-state index contributed by atoms with van der Waals surface area (Å²) in [7, 11) is 0. The van der Waals surface area contributed by atoms with Crippen molar-refractivity contribution in [3.63, 3.8) is 0 Å². The third-order valence-corrected chi connectivity index (χ3v) is 8.55. The molecular weight excluding hydrogens is 494 g/mol. The molecule has 3 saturated heterocycles. The van der Waals surface area contributed by atoms with Crippen LogP contribution in [0.3, 0.4) is 0 Å². The van der Waals surface area contributed by atoms with Gasteiger partial charge in [-0.25, -0.2) is 0 Å². The number of nitrogens with zero attached hydrogens (tertiary/aromatic N) is 3. The molecule has 0 aromatic rings. The topological polar surface area (TPSA) is 90.4 Å². The summed E-state index contributed by atoms with van der Waals surface area (Å²) < 4.78 is 6.65. The van der Waals surface area contributed by atoms with Crippen molar-refractivity contribution in [3.05, 3.63) is 25.3 Å². The first-order valence-electron chi connectivity index (χ1n) is 14.7. The summed E-state index contributed by atoms with van der Waals surface area (Å²) in [6.45, 7) is 22.1. The summed E-state index contributed by atoms with van der Waals surface area (Å²) in [4.78, 5) is 48.0. The predicted molar refractivity (Wildman–Crippen MR) is 153 cm³/mol. The highest BCUT2D eigenvalue weighted by Gasteiger charge is 2.75. The van der Waals surface area contributed by atoms with E-state index in [1.165, 1.54) is 0 Å². The molecule has 3 heterocycles. The zero-order valence-electron chi connectivity index (χ0n) is 25.1. The number of hydrogen-bond acceptors (Lipinski definition) is 5. The Morgan fingerprint density at radius 1 is 1.13 bits per heavy atom. The Morgan fingerprint density at radius 2 is 1.79 bits per heavy atom. The van der Waals surface area contributed by atoms with Crippen molar-refractivity contribution in [2.24, 2.45) is 17.3 Å². The zero-order valence-corrected chi connectivity index (χ0v) is 25.1. The maximum atomic E-state index is 14.6. The van der Waals surface area contributed by atoms with Crippen molar-refractivity contribution >= 4 is 17.7 Å². The zero-order chi connectivity index (χ0) is 29.2. The average molecular weight is 546 g/mol. The lowest BCUT2D eigenvalue weighted by Gasteiger charge is -2.45. The Labute approximate surface area is 235 Å². The number of likely N-dealkylation sites (tertiary alicyclic amines) is 1. The van der Waals surface area contributed by atoms with Crippen LogP contribution in [-0.4, -0.2) is 93.6 Å². The number of carbonyl (C=O) groups excluding carboxylic acids is 3. The average Bonchev–Trinajstić information content (AvgIpc) is 3.48. The molecule has 0 radical (unpaired) electrons. The van der Waals surface area contributed by atoms with Gasteiger partial charge >= 0.3 is 0 Å². The van der Waals surface area contributed by atoms with Crippen LogP contribution in [0.25, 0.3) is 0 Å². The van der Waals surface area contributed by atoms with Gasteiger partial charge < -0.3 is 24.5 Å². The van der Waals surface area contributed by atoms with E-state index in [1.54, 1.807) is 22.0 Å². The number of ether oxygens (including phenoxy) is 1. The van der Waals surface area contributed by atoms with E-state index in [1.807, 2.05) is 11.8 Å². The Balaban J connectivity index is 2.06. The van der Waals surface area contributed by atoms with Crippen molar-refractivity contribution in [2.75, 3.05) is 32.8 Å². The Hall–Kier alpha value is -2.19. The number of unbranched alkanes of at least 4 members (excludes halogenated alkanes) is 1. The molecule has 3 aliphatic rings. The van der Waals surface area contributed by atoms with Crippen LogP contribution in [0.15, 0.2) is 25.3 Å². The molecule has 39 heavy (non-hydrogen) atoms. The van der Waals surface area contributed by atoms with Crippen molar-refractivity contribution in [3.8, 4) is 0 Å². The summed E-state index contributed by atoms with van der Waals surface area (Å²) >= 11 is 0. The fourth-order valence-electron chi connectivity index (χ4n) is 7.58. The maximum absolute atomic E-state index is 14.6. The molecule has 0 aliphatic carbocycles. The first-order valence-corrected chi connectivity index (χ1v) is 14.7. The molecule has 3 amide bonds. The summed E-state index contributed by atoms with van der Waals surface area (Å²) in [5.74, 6) is -1.69. The number of aliphatic hydroxyl groups excluding tert-OH is 1. The van der Waals surface area contributed by atoms with Gasteiger partial charge in [-0.1, -0.05) is 39.8 Å². The molecule has 8 nitrogen and oxygen atoms in total. The third-order valence-electron chi connectivity index (χ3n) is 8.55. The van der Waals surface area contributed by atoms with Gasteiger partial charge in [0.25, 0.3) is 0 Å². The molecule has 0 saturated carbocycles. The lowest BCUT2D eigenvalue weighted by atomic mass is 9.70. The number of fused-ring (bicyclic) bond motifs is 1. The number of amides is 3. The van der Waals surface area contributed by atoms with Gasteiger partial charge in [0.1, 0.15) is 11.6 Å². The van der Waals surface area contributed by atoms with E-state index in [0.717, 1.165) is 12.8 Å². The van der Waals surface area contributed by atoms with Crippen LogP contribution in [0.5, 0.6) is 0 Å². The minimum Gasteiger partial charge on any atom is -0.396 e. The first-order chi connectivity index (χ1) is 18.3. The second kappa shape index (κ2) is 12.1. The van der Waals surface area contributed by atoms with Gasteiger partial charge in [-0.2, -0.15) is 0 Å². The van der Waals surface area contributed by atoms with E-state index in [4.69, 9.17) is 4.74 Å². The van der Waals surface area contributed by atoms with Gasteiger partial charge in [-0.3, -0.25) is 14.4 Å². The van der Waals surface area contributed by atoms with Crippen LogP contribution < -0.4 is 0 Å². The van der Waals surface area contributed by atoms with Gasteiger partial charge in [0.2, 0.25) is 17.7 Å². The van der Waals surface area contributed by atoms with E-state index in [9.17, 15) is 19.5 Å². The van der Waals surface area contributed by atoms with Gasteiger partial charge in [-0.15, -0.1) is 13.2 Å². The van der Waals surface area contributed by atoms with Crippen LogP contribution in [0.1, 0.15) is 80.1 Å². The summed E-state index contributed by atoms with van der Waals surface area (Å²) in [5.41, 5.74) is -1.54. The number of hydrogen-bond donors (Lipinski definition) is 1. The Morgan fingerprint density at radius 3 is 2.36 bits per heavy atom. The highest BCUT2D eigenvalue weighted by Crippen LogP contribution is 2.59. The minimum atomic E-state index is -1.03. The van der Waals surface area contributed by atoms with E-state index >= 15 is 0 Å². The van der Waals surface area contributed by atoms with Crippen molar-refractivity contribution in [1.82, 2.24) is 14.7 Å². The molecule has 3 fully saturated rings. The van der Waals surface area contributed by atoms with Crippen LogP contribution in [0, 0.1) is 17.3 Å². The molecule has 8 heteroatoms. The SMILES string of the molecule is C=CCN(CCC)C(=O)[C@@H]1[C@@H]2CCC3(O2)C(C(=O)N(CC=C)C(C)(C)CC(C)(C)C)N(CCCCO)C(=O)[C@H]13. The van der Waals surface area contributed by atoms with Crippen molar-refractivity contribution < 1.29 is 24.2 Å². The highest BCUT2D eigenvalue weighted by molar-refractivity contribution is 5.99. The lowest BCUT2D eigenvalue weighted by molar-refractivity contribution is -0.153. The maximum Gasteiger partial charge on any atom is 0.249 e.